The van der Waals surface area contributed by atoms with Crippen LogP contribution in [0.3, 0.4) is 0 Å². The lowest BCUT2D eigenvalue weighted by Gasteiger charge is -2.10. The molecule has 0 bridgehead atoms. The molecule has 0 unspecified atom stereocenters. The quantitative estimate of drug-likeness (QED) is 0.268. The monoisotopic (exact) mass is 409 g/mol. The van der Waals surface area contributed by atoms with Gasteiger partial charge in [0.25, 0.3) is 11.2 Å². The van der Waals surface area contributed by atoms with Gasteiger partial charge in [-0.3, -0.25) is 19.7 Å². The lowest BCUT2D eigenvalue weighted by Crippen LogP contribution is -2.29. The molecule has 0 aliphatic heterocycles. The van der Waals surface area contributed by atoms with Gasteiger partial charge in [-0.2, -0.15) is 0 Å². The molecule has 30 heavy (non-hydrogen) atoms. The number of Topliss-reactive ketones (excluding diaryl/α,β-unsaturated/α-hetero) is 1. The fourth-order valence-electron chi connectivity index (χ4n) is 3.35. The number of nitro groups is 1. The number of carbonyl (C=O) groups excluding carboxylic acids is 2. The van der Waals surface area contributed by atoms with E-state index < -0.39 is 40.0 Å². The molecule has 0 atom stereocenters. The van der Waals surface area contributed by atoms with E-state index in [1.807, 2.05) is 41.8 Å². The summed E-state index contributed by atoms with van der Waals surface area (Å²) in [5.74, 6) is -1.42. The van der Waals surface area contributed by atoms with Crippen molar-refractivity contribution in [1.29, 1.82) is 0 Å². The number of rotatable bonds is 6. The largest absolute Gasteiger partial charge is 0.465 e. The first-order valence-corrected chi connectivity index (χ1v) is 8.99. The second-order valence-corrected chi connectivity index (χ2v) is 6.67. The lowest BCUT2D eigenvalue weighted by atomic mass is 10.1. The molecule has 3 rings (SSSR count). The van der Waals surface area contributed by atoms with Crippen molar-refractivity contribution in [3.63, 3.8) is 0 Å². The summed E-state index contributed by atoms with van der Waals surface area (Å²) in [4.78, 5) is 47.8. The zero-order valence-electron chi connectivity index (χ0n) is 16.6. The van der Waals surface area contributed by atoms with Crippen LogP contribution >= 0.6 is 0 Å². The zero-order chi connectivity index (χ0) is 22.0. The maximum Gasteiger partial charge on any atom is 0.343 e. The van der Waals surface area contributed by atoms with Gasteiger partial charge >= 0.3 is 5.97 Å². The number of hydrogen-bond acceptors (Lipinski definition) is 6. The van der Waals surface area contributed by atoms with Crippen LogP contribution in [0.25, 0.3) is 5.69 Å². The Labute approximate surface area is 171 Å². The van der Waals surface area contributed by atoms with Crippen molar-refractivity contribution in [2.45, 2.75) is 20.4 Å². The van der Waals surface area contributed by atoms with Gasteiger partial charge in [-0.05, 0) is 32.0 Å². The smallest absolute Gasteiger partial charge is 0.343 e. The minimum Gasteiger partial charge on any atom is -0.465 e. The van der Waals surface area contributed by atoms with Crippen molar-refractivity contribution >= 4 is 17.4 Å². The molecule has 2 heterocycles. The Kier molecular flexibility index (Phi) is 5.63. The van der Waals surface area contributed by atoms with Gasteiger partial charge in [0.1, 0.15) is 5.56 Å². The molecule has 3 aromatic rings. The molecule has 0 N–H and O–H groups in total. The topological polar surface area (TPSA) is 113 Å². The van der Waals surface area contributed by atoms with Crippen molar-refractivity contribution in [2.75, 3.05) is 7.11 Å². The minimum absolute atomic E-state index is 0.384. The van der Waals surface area contributed by atoms with E-state index in [0.29, 0.717) is 11.3 Å². The number of benzene rings is 1. The Balaban J connectivity index is 2.03. The molecule has 0 saturated heterocycles. The summed E-state index contributed by atoms with van der Waals surface area (Å²) in [6.45, 7) is 3.18. The molecule has 0 fully saturated rings. The first-order chi connectivity index (χ1) is 14.2. The third-order valence-electron chi connectivity index (χ3n) is 4.75. The lowest BCUT2D eigenvalue weighted by molar-refractivity contribution is -0.385. The number of para-hydroxylation sites is 1. The molecule has 154 valence electrons. The first kappa shape index (κ1) is 20.7. The normalized spacial score (nSPS) is 10.6. The Morgan fingerprint density at radius 1 is 1.10 bits per heavy atom. The molecule has 0 aliphatic rings. The molecule has 2 aromatic heterocycles. The third kappa shape index (κ3) is 3.77. The number of nitrogens with zero attached hydrogens (tertiary/aromatic N) is 3. The van der Waals surface area contributed by atoms with Crippen LogP contribution in [0, 0.1) is 24.0 Å². The second-order valence-electron chi connectivity index (χ2n) is 6.67. The van der Waals surface area contributed by atoms with Gasteiger partial charge in [-0.1, -0.05) is 18.2 Å². The summed E-state index contributed by atoms with van der Waals surface area (Å²) >= 11 is 0. The summed E-state index contributed by atoms with van der Waals surface area (Å²) in [7, 11) is 1.06. The molecule has 0 amide bonds. The average molecular weight is 409 g/mol. The third-order valence-corrected chi connectivity index (χ3v) is 4.75. The van der Waals surface area contributed by atoms with E-state index in [2.05, 4.69) is 4.74 Å². The second kappa shape index (κ2) is 8.16. The Hall–Kier alpha value is -4.01. The van der Waals surface area contributed by atoms with Crippen LogP contribution in [0.15, 0.2) is 53.5 Å². The van der Waals surface area contributed by atoms with Gasteiger partial charge in [0.05, 0.1) is 24.8 Å². The SMILES string of the molecule is COC(=O)c1cc([N+](=O)[O-])cn(CC(=O)c2cc(C)n(-c3ccccc3)c2C)c1=O. The van der Waals surface area contributed by atoms with E-state index in [1.54, 1.807) is 13.0 Å². The van der Waals surface area contributed by atoms with Crippen LogP contribution in [-0.4, -0.2) is 32.9 Å². The Morgan fingerprint density at radius 2 is 1.77 bits per heavy atom. The van der Waals surface area contributed by atoms with Crippen LogP contribution in [-0.2, 0) is 11.3 Å². The van der Waals surface area contributed by atoms with E-state index in [9.17, 15) is 24.5 Å². The van der Waals surface area contributed by atoms with Crippen molar-refractivity contribution < 1.29 is 19.2 Å². The maximum atomic E-state index is 13.0. The van der Waals surface area contributed by atoms with E-state index in [-0.39, 0.29) is 0 Å². The zero-order valence-corrected chi connectivity index (χ0v) is 16.6. The average Bonchev–Trinajstić information content (AvgIpc) is 3.03. The predicted octanol–water partition coefficient (Wildman–Crippen LogP) is 2.83. The number of aromatic nitrogens is 2. The number of pyridine rings is 1. The van der Waals surface area contributed by atoms with E-state index >= 15 is 0 Å². The molecule has 9 heteroatoms. The fourth-order valence-corrected chi connectivity index (χ4v) is 3.35. The Bertz CT molecular complexity index is 1210. The molecule has 9 nitrogen and oxygen atoms in total. The Morgan fingerprint density at radius 3 is 2.37 bits per heavy atom. The number of ketones is 1. The van der Waals surface area contributed by atoms with Crippen molar-refractivity contribution in [2.24, 2.45) is 0 Å². The summed E-state index contributed by atoms with van der Waals surface area (Å²) in [5.41, 5.74) is 0.935. The van der Waals surface area contributed by atoms with Gasteiger partial charge < -0.3 is 13.9 Å². The van der Waals surface area contributed by atoms with E-state index in [0.717, 1.165) is 35.3 Å². The van der Waals surface area contributed by atoms with Gasteiger partial charge in [-0.25, -0.2) is 4.79 Å². The molecule has 0 aliphatic carbocycles. The van der Waals surface area contributed by atoms with Crippen LogP contribution in [0.1, 0.15) is 32.1 Å². The maximum absolute atomic E-state index is 13.0. The van der Waals surface area contributed by atoms with E-state index in [4.69, 9.17) is 0 Å². The number of hydrogen-bond donors (Lipinski definition) is 0. The number of methoxy groups -OCH3 is 1. The highest BCUT2D eigenvalue weighted by molar-refractivity contribution is 5.97. The summed E-state index contributed by atoms with van der Waals surface area (Å²) < 4.78 is 7.29. The van der Waals surface area contributed by atoms with Gasteiger partial charge in [0, 0.05) is 28.7 Å². The fraction of sp³-hybridized carbons (Fsp3) is 0.190. The highest BCUT2D eigenvalue weighted by atomic mass is 16.6. The minimum atomic E-state index is -1.01. The van der Waals surface area contributed by atoms with Crippen molar-refractivity contribution in [3.8, 4) is 5.69 Å². The van der Waals surface area contributed by atoms with Gasteiger partial charge in [-0.15, -0.1) is 0 Å². The molecule has 0 spiro atoms. The van der Waals surface area contributed by atoms with Crippen LogP contribution in [0.2, 0.25) is 0 Å². The summed E-state index contributed by atoms with van der Waals surface area (Å²) in [6.07, 6.45) is 0.947. The van der Waals surface area contributed by atoms with Gasteiger partial charge in [0.2, 0.25) is 0 Å². The number of aryl methyl sites for hydroxylation is 1. The molecule has 0 radical (unpaired) electrons. The van der Waals surface area contributed by atoms with Crippen LogP contribution in [0.5, 0.6) is 0 Å². The molecule has 0 saturated carbocycles. The number of carbonyl (C=O) groups is 2. The number of ether oxygens (including phenoxy) is 1. The van der Waals surface area contributed by atoms with Crippen LogP contribution in [0.4, 0.5) is 5.69 Å². The summed E-state index contributed by atoms with van der Waals surface area (Å²) in [5, 5.41) is 11.2. The first-order valence-electron chi connectivity index (χ1n) is 8.99. The molecular weight excluding hydrogens is 390 g/mol. The number of esters is 1. The van der Waals surface area contributed by atoms with Crippen LogP contribution < -0.4 is 5.56 Å². The highest BCUT2D eigenvalue weighted by Gasteiger charge is 2.23. The standard InChI is InChI=1S/C21H19N3O6/c1-13-9-17(14(2)23(13)15-7-5-4-6-8-15)19(25)12-22-11-16(24(28)29)10-18(20(22)26)21(27)30-3/h4-11H,12H2,1-3H3. The van der Waals surface area contributed by atoms with Crippen molar-refractivity contribution in [3.05, 3.63) is 91.6 Å². The van der Waals surface area contributed by atoms with Crippen molar-refractivity contribution in [1.82, 2.24) is 9.13 Å². The molecular formula is C21H19N3O6. The van der Waals surface area contributed by atoms with E-state index in [1.165, 1.54) is 0 Å². The predicted molar refractivity (Wildman–Crippen MR) is 108 cm³/mol. The molecule has 1 aromatic carbocycles. The highest BCUT2D eigenvalue weighted by Crippen LogP contribution is 2.21. The van der Waals surface area contributed by atoms with Gasteiger partial charge in [0.15, 0.2) is 5.78 Å². The summed E-state index contributed by atoms with van der Waals surface area (Å²) in [6, 6.07) is 12.0.